The van der Waals surface area contributed by atoms with Crippen LogP contribution >= 0.6 is 0 Å². The fourth-order valence-corrected chi connectivity index (χ4v) is 5.44. The lowest BCUT2D eigenvalue weighted by atomic mass is 9.88. The van der Waals surface area contributed by atoms with Gasteiger partial charge >= 0.3 is 0 Å². The number of aromatic nitrogens is 1. The van der Waals surface area contributed by atoms with Crippen molar-refractivity contribution in [1.82, 2.24) is 9.88 Å². The summed E-state index contributed by atoms with van der Waals surface area (Å²) in [5, 5.41) is 11.8. The average Bonchev–Trinajstić information content (AvgIpc) is 3.04. The lowest BCUT2D eigenvalue weighted by molar-refractivity contribution is 0.0661. The molecule has 0 amide bonds. The highest BCUT2D eigenvalue weighted by Gasteiger charge is 2.21. The zero-order chi connectivity index (χ0) is 29.1. The molecule has 1 fully saturated rings. The minimum atomic E-state index is -0.576. The number of aliphatic hydroxyl groups excluding tert-OH is 1. The van der Waals surface area contributed by atoms with Crippen molar-refractivity contribution in [2.75, 3.05) is 39.5 Å². The zero-order valence-electron chi connectivity index (χ0n) is 24.8. The Labute approximate surface area is 249 Å². The highest BCUT2D eigenvalue weighted by molar-refractivity contribution is 5.85. The van der Waals surface area contributed by atoms with Crippen LogP contribution < -0.4 is 14.2 Å². The Morgan fingerprint density at radius 3 is 2.00 bits per heavy atom. The van der Waals surface area contributed by atoms with Gasteiger partial charge in [0.05, 0.1) is 18.7 Å². The number of likely N-dealkylation sites (tertiary alicyclic amines) is 1. The first kappa shape index (κ1) is 29.6. The third kappa shape index (κ3) is 7.69. The summed E-state index contributed by atoms with van der Waals surface area (Å²) >= 11 is 0. The second-order valence-corrected chi connectivity index (χ2v) is 10.8. The summed E-state index contributed by atoms with van der Waals surface area (Å²) in [5.41, 5.74) is 6.00. The molecule has 1 N–H and O–H groups in total. The van der Waals surface area contributed by atoms with Gasteiger partial charge in [-0.2, -0.15) is 0 Å². The molecular formula is C36H42N2O4. The van der Waals surface area contributed by atoms with Crippen molar-refractivity contribution >= 4 is 16.5 Å². The lowest BCUT2D eigenvalue weighted by Gasteiger charge is -2.31. The summed E-state index contributed by atoms with van der Waals surface area (Å²) in [7, 11) is 0. The van der Waals surface area contributed by atoms with E-state index in [1.54, 1.807) is 6.20 Å². The van der Waals surface area contributed by atoms with E-state index < -0.39 is 6.10 Å². The molecule has 3 aromatic carbocycles. The number of aliphatic hydroxyl groups is 1. The van der Waals surface area contributed by atoms with Crippen LogP contribution in [0.25, 0.3) is 16.5 Å². The van der Waals surface area contributed by atoms with Crippen LogP contribution in [-0.4, -0.2) is 60.5 Å². The Morgan fingerprint density at radius 1 is 0.786 bits per heavy atom. The van der Waals surface area contributed by atoms with Gasteiger partial charge in [0.15, 0.2) is 0 Å². The molecule has 0 radical (unpaired) electrons. The van der Waals surface area contributed by atoms with E-state index in [1.165, 1.54) is 22.3 Å². The Hall–Kier alpha value is -3.87. The summed E-state index contributed by atoms with van der Waals surface area (Å²) in [6.45, 7) is 8.29. The number of hydrogen-bond acceptors (Lipinski definition) is 6. The van der Waals surface area contributed by atoms with Gasteiger partial charge in [-0.3, -0.25) is 9.88 Å². The van der Waals surface area contributed by atoms with E-state index >= 15 is 0 Å². The van der Waals surface area contributed by atoms with Crippen LogP contribution in [0.3, 0.4) is 0 Å². The number of benzene rings is 3. The highest BCUT2D eigenvalue weighted by Crippen LogP contribution is 2.34. The van der Waals surface area contributed by atoms with E-state index in [-0.39, 0.29) is 6.61 Å². The predicted molar refractivity (Wildman–Crippen MR) is 169 cm³/mol. The topological polar surface area (TPSA) is 64.1 Å². The second-order valence-electron chi connectivity index (χ2n) is 10.8. The largest absolute Gasteiger partial charge is 0.494 e. The molecule has 0 spiro atoms. The molecule has 5 rings (SSSR count). The van der Waals surface area contributed by atoms with Crippen LogP contribution in [0.5, 0.6) is 17.2 Å². The highest BCUT2D eigenvalue weighted by atomic mass is 16.5. The standard InChI is InChI=1S/C36H42N2O4/c1-3-23-40-31-14-10-27(11-15-31)36(28-12-16-32(17-13-28)41-24-4-2)29-18-21-38(22-19-29)25-30(39)26-42-35-9-5-8-34-33(35)7-6-20-37-34/h5-17,20,30,39H,3-4,18-19,21-26H2,1-2H3. The van der Waals surface area contributed by atoms with Gasteiger partial charge in [0.25, 0.3) is 0 Å². The average molecular weight is 567 g/mol. The number of pyridine rings is 1. The molecule has 0 bridgehead atoms. The van der Waals surface area contributed by atoms with Crippen molar-refractivity contribution in [2.45, 2.75) is 45.6 Å². The van der Waals surface area contributed by atoms with Gasteiger partial charge in [-0.15, -0.1) is 0 Å². The SMILES string of the molecule is CCCOc1ccc(C(=C2CCN(CC(O)COc3cccc4ncccc34)CC2)c2ccc(OCCC)cc2)cc1. The van der Waals surface area contributed by atoms with E-state index in [1.807, 2.05) is 30.3 Å². The molecule has 6 nitrogen and oxygen atoms in total. The molecule has 1 saturated heterocycles. The number of hydrogen-bond donors (Lipinski definition) is 1. The normalized spacial score (nSPS) is 14.5. The minimum absolute atomic E-state index is 0.247. The molecule has 6 heteroatoms. The summed E-state index contributed by atoms with van der Waals surface area (Å²) in [6.07, 6.45) is 5.07. The molecule has 1 aliphatic rings. The predicted octanol–water partition coefficient (Wildman–Crippen LogP) is 7.15. The molecule has 1 aromatic heterocycles. The number of ether oxygens (including phenoxy) is 3. The maximum Gasteiger partial charge on any atom is 0.128 e. The van der Waals surface area contributed by atoms with Crippen LogP contribution in [-0.2, 0) is 0 Å². The first-order valence-electron chi connectivity index (χ1n) is 15.2. The van der Waals surface area contributed by atoms with E-state index in [2.05, 4.69) is 72.3 Å². The molecule has 0 saturated carbocycles. The molecule has 1 atom stereocenters. The van der Waals surface area contributed by atoms with Crippen molar-refractivity contribution in [1.29, 1.82) is 0 Å². The summed E-state index contributed by atoms with van der Waals surface area (Å²) in [6, 6.07) is 26.7. The number of piperidine rings is 1. The van der Waals surface area contributed by atoms with E-state index in [0.717, 1.165) is 80.1 Å². The van der Waals surface area contributed by atoms with Crippen molar-refractivity contribution in [2.24, 2.45) is 0 Å². The molecule has 2 heterocycles. The fourth-order valence-electron chi connectivity index (χ4n) is 5.44. The van der Waals surface area contributed by atoms with Crippen molar-refractivity contribution < 1.29 is 19.3 Å². The summed E-state index contributed by atoms with van der Waals surface area (Å²) < 4.78 is 17.7. The first-order chi connectivity index (χ1) is 20.6. The van der Waals surface area contributed by atoms with Gasteiger partial charge in [0, 0.05) is 31.2 Å². The quantitative estimate of drug-likeness (QED) is 0.185. The van der Waals surface area contributed by atoms with Crippen LogP contribution in [0, 0.1) is 0 Å². The molecule has 1 unspecified atom stereocenters. The van der Waals surface area contributed by atoms with Gasteiger partial charge in [-0.1, -0.05) is 49.8 Å². The summed E-state index contributed by atoms with van der Waals surface area (Å²) in [4.78, 5) is 6.73. The Morgan fingerprint density at radius 2 is 1.40 bits per heavy atom. The number of β-amino-alcohol motifs (C(OH)–C–C–N with tert-alkyl or cyclic N) is 1. The minimum Gasteiger partial charge on any atom is -0.494 e. The molecule has 0 aliphatic carbocycles. The van der Waals surface area contributed by atoms with E-state index in [9.17, 15) is 5.11 Å². The van der Waals surface area contributed by atoms with Gasteiger partial charge < -0.3 is 19.3 Å². The van der Waals surface area contributed by atoms with Gasteiger partial charge in [0.1, 0.15) is 30.0 Å². The van der Waals surface area contributed by atoms with Gasteiger partial charge in [0.2, 0.25) is 0 Å². The van der Waals surface area contributed by atoms with Crippen LogP contribution in [0.15, 0.2) is 90.6 Å². The zero-order valence-corrected chi connectivity index (χ0v) is 24.8. The first-order valence-corrected chi connectivity index (χ1v) is 15.2. The maximum atomic E-state index is 10.8. The number of nitrogens with zero attached hydrogens (tertiary/aromatic N) is 2. The van der Waals surface area contributed by atoms with Crippen LogP contribution in [0.1, 0.15) is 50.7 Å². The third-order valence-electron chi connectivity index (χ3n) is 7.55. The molecule has 220 valence electrons. The Bertz CT molecular complexity index is 1380. The maximum absolute atomic E-state index is 10.8. The smallest absolute Gasteiger partial charge is 0.128 e. The number of fused-ring (bicyclic) bond motifs is 1. The fraction of sp³-hybridized carbons (Fsp3) is 0.361. The Balaban J connectivity index is 1.26. The Kier molecular flexibility index (Phi) is 10.5. The van der Waals surface area contributed by atoms with Crippen LogP contribution in [0.4, 0.5) is 0 Å². The second kappa shape index (κ2) is 14.9. The molecular weight excluding hydrogens is 524 g/mol. The third-order valence-corrected chi connectivity index (χ3v) is 7.55. The van der Waals surface area contributed by atoms with Crippen LogP contribution in [0.2, 0.25) is 0 Å². The number of rotatable bonds is 13. The monoisotopic (exact) mass is 566 g/mol. The summed E-state index contributed by atoms with van der Waals surface area (Å²) in [5.74, 6) is 2.56. The lowest BCUT2D eigenvalue weighted by Crippen LogP contribution is -2.39. The van der Waals surface area contributed by atoms with E-state index in [0.29, 0.717) is 6.54 Å². The van der Waals surface area contributed by atoms with Crippen molar-refractivity contribution in [3.05, 3.63) is 102 Å². The van der Waals surface area contributed by atoms with Gasteiger partial charge in [-0.05, 0) is 90.9 Å². The molecule has 4 aromatic rings. The van der Waals surface area contributed by atoms with Crippen molar-refractivity contribution in [3.8, 4) is 17.2 Å². The van der Waals surface area contributed by atoms with Gasteiger partial charge in [-0.25, -0.2) is 0 Å². The molecule has 42 heavy (non-hydrogen) atoms. The van der Waals surface area contributed by atoms with Crippen molar-refractivity contribution in [3.63, 3.8) is 0 Å². The molecule has 1 aliphatic heterocycles. The van der Waals surface area contributed by atoms with E-state index in [4.69, 9.17) is 14.2 Å².